The summed E-state index contributed by atoms with van der Waals surface area (Å²) < 4.78 is 25.0. The molecule has 0 aliphatic heterocycles. The molecule has 0 aromatic heterocycles. The van der Waals surface area contributed by atoms with Crippen LogP contribution in [0.4, 0.5) is 14.5 Å². The predicted molar refractivity (Wildman–Crippen MR) is 60.9 cm³/mol. The van der Waals surface area contributed by atoms with Crippen molar-refractivity contribution in [3.05, 3.63) is 28.2 Å². The minimum absolute atomic E-state index is 0.230. The predicted octanol–water partition coefficient (Wildman–Crippen LogP) is 2.73. The number of anilines is 1. The van der Waals surface area contributed by atoms with Crippen LogP contribution in [0.15, 0.2) is 22.7 Å². The number of nitrogens with two attached hydrogens (primary N) is 1. The first-order valence-corrected chi connectivity index (χ1v) is 5.28. The fourth-order valence-corrected chi connectivity index (χ4v) is 1.94. The van der Waals surface area contributed by atoms with Crippen molar-refractivity contribution >= 4 is 21.6 Å². The molecular formula is C10H13BrF2N2. The summed E-state index contributed by atoms with van der Waals surface area (Å²) >= 11 is 3.31. The van der Waals surface area contributed by atoms with Gasteiger partial charge in [-0.15, -0.1) is 0 Å². The van der Waals surface area contributed by atoms with E-state index in [0.717, 1.165) is 10.0 Å². The van der Waals surface area contributed by atoms with Crippen LogP contribution in [-0.2, 0) is 6.54 Å². The monoisotopic (exact) mass is 278 g/mol. The molecule has 2 nitrogen and oxygen atoms in total. The van der Waals surface area contributed by atoms with Crippen molar-refractivity contribution in [1.29, 1.82) is 0 Å². The van der Waals surface area contributed by atoms with Crippen molar-refractivity contribution in [2.45, 2.75) is 13.0 Å². The SMILES string of the molecule is CN(Cc1cc(N)cc(Br)c1)CC(F)F. The van der Waals surface area contributed by atoms with Gasteiger partial charge in [0.25, 0.3) is 6.43 Å². The molecule has 2 N–H and O–H groups in total. The molecule has 0 heterocycles. The van der Waals surface area contributed by atoms with Crippen LogP contribution in [0, 0.1) is 0 Å². The Morgan fingerprint density at radius 1 is 1.40 bits per heavy atom. The van der Waals surface area contributed by atoms with Crippen LogP contribution in [0.1, 0.15) is 5.56 Å². The summed E-state index contributed by atoms with van der Waals surface area (Å²) in [7, 11) is 1.66. The lowest BCUT2D eigenvalue weighted by molar-refractivity contribution is 0.0975. The molecule has 0 saturated carbocycles. The molecule has 0 saturated heterocycles. The maximum absolute atomic E-state index is 12.1. The molecule has 0 radical (unpaired) electrons. The smallest absolute Gasteiger partial charge is 0.251 e. The molecule has 0 aliphatic rings. The zero-order valence-electron chi connectivity index (χ0n) is 8.38. The van der Waals surface area contributed by atoms with Crippen molar-refractivity contribution in [3.8, 4) is 0 Å². The van der Waals surface area contributed by atoms with Gasteiger partial charge >= 0.3 is 0 Å². The summed E-state index contributed by atoms with van der Waals surface area (Å²) in [5.74, 6) is 0. The molecule has 0 bridgehead atoms. The van der Waals surface area contributed by atoms with Gasteiger partial charge in [-0.2, -0.15) is 0 Å². The molecule has 1 aromatic rings. The Balaban J connectivity index is 2.63. The van der Waals surface area contributed by atoms with Gasteiger partial charge in [0.2, 0.25) is 0 Å². The number of hydrogen-bond donors (Lipinski definition) is 1. The van der Waals surface area contributed by atoms with Gasteiger partial charge in [0.15, 0.2) is 0 Å². The molecule has 1 aromatic carbocycles. The van der Waals surface area contributed by atoms with E-state index in [9.17, 15) is 8.78 Å². The molecular weight excluding hydrogens is 266 g/mol. The van der Waals surface area contributed by atoms with Gasteiger partial charge in [0, 0.05) is 16.7 Å². The number of benzene rings is 1. The highest BCUT2D eigenvalue weighted by molar-refractivity contribution is 9.10. The van der Waals surface area contributed by atoms with Crippen molar-refractivity contribution in [3.63, 3.8) is 0 Å². The maximum Gasteiger partial charge on any atom is 0.251 e. The van der Waals surface area contributed by atoms with Gasteiger partial charge in [-0.05, 0) is 30.8 Å². The minimum Gasteiger partial charge on any atom is -0.399 e. The van der Waals surface area contributed by atoms with Gasteiger partial charge < -0.3 is 5.73 Å². The lowest BCUT2D eigenvalue weighted by Crippen LogP contribution is -2.24. The molecule has 0 fully saturated rings. The number of nitrogens with zero attached hydrogens (tertiary/aromatic N) is 1. The molecule has 0 atom stereocenters. The van der Waals surface area contributed by atoms with Crippen LogP contribution < -0.4 is 5.73 Å². The van der Waals surface area contributed by atoms with E-state index in [1.807, 2.05) is 6.07 Å². The van der Waals surface area contributed by atoms with E-state index < -0.39 is 6.43 Å². The lowest BCUT2D eigenvalue weighted by Gasteiger charge is -2.16. The highest BCUT2D eigenvalue weighted by Crippen LogP contribution is 2.18. The number of halogens is 3. The molecule has 1 rings (SSSR count). The van der Waals surface area contributed by atoms with Crippen LogP contribution in [0.5, 0.6) is 0 Å². The summed E-state index contributed by atoms with van der Waals surface area (Å²) in [4.78, 5) is 1.56. The Kier molecular flexibility index (Phi) is 4.47. The maximum atomic E-state index is 12.1. The largest absolute Gasteiger partial charge is 0.399 e. The number of hydrogen-bond acceptors (Lipinski definition) is 2. The normalized spacial score (nSPS) is 11.3. The van der Waals surface area contributed by atoms with Gasteiger partial charge in [-0.1, -0.05) is 15.9 Å². The van der Waals surface area contributed by atoms with Crippen LogP contribution in [0.2, 0.25) is 0 Å². The second-order valence-electron chi connectivity index (χ2n) is 3.48. The van der Waals surface area contributed by atoms with Gasteiger partial charge in [-0.3, -0.25) is 4.90 Å². The molecule has 0 unspecified atom stereocenters. The second-order valence-corrected chi connectivity index (χ2v) is 4.40. The molecule has 0 aliphatic carbocycles. The minimum atomic E-state index is -2.31. The van der Waals surface area contributed by atoms with Crippen LogP contribution in [0.3, 0.4) is 0 Å². The first-order chi connectivity index (χ1) is 6.97. The van der Waals surface area contributed by atoms with E-state index in [1.165, 1.54) is 0 Å². The van der Waals surface area contributed by atoms with Crippen LogP contribution in [0.25, 0.3) is 0 Å². The standard InChI is InChI=1S/C10H13BrF2N2/c1-15(6-10(12)13)5-7-2-8(11)4-9(14)3-7/h2-4,10H,5-6,14H2,1H3. The van der Waals surface area contributed by atoms with E-state index in [1.54, 1.807) is 24.1 Å². The van der Waals surface area contributed by atoms with E-state index in [4.69, 9.17) is 5.73 Å². The Labute approximate surface area is 96.2 Å². The quantitative estimate of drug-likeness (QED) is 0.859. The average Bonchev–Trinajstić information content (AvgIpc) is 1.98. The zero-order valence-corrected chi connectivity index (χ0v) is 9.97. The third kappa shape index (κ3) is 4.57. The topological polar surface area (TPSA) is 29.3 Å². The van der Waals surface area contributed by atoms with Gasteiger partial charge in [0.1, 0.15) is 0 Å². The van der Waals surface area contributed by atoms with Crippen LogP contribution >= 0.6 is 15.9 Å². The van der Waals surface area contributed by atoms with Gasteiger partial charge in [0.05, 0.1) is 6.54 Å². The van der Waals surface area contributed by atoms with Crippen molar-refractivity contribution in [2.24, 2.45) is 0 Å². The molecule has 0 spiro atoms. The first kappa shape index (κ1) is 12.4. The third-order valence-electron chi connectivity index (χ3n) is 1.88. The summed E-state index contributed by atoms with van der Waals surface area (Å²) in [6, 6.07) is 5.43. The lowest BCUT2D eigenvalue weighted by atomic mass is 10.2. The second kappa shape index (κ2) is 5.42. The highest BCUT2D eigenvalue weighted by Gasteiger charge is 2.08. The highest BCUT2D eigenvalue weighted by atomic mass is 79.9. The van der Waals surface area contributed by atoms with Crippen LogP contribution in [-0.4, -0.2) is 24.9 Å². The van der Waals surface area contributed by atoms with Gasteiger partial charge in [-0.25, -0.2) is 8.78 Å². The summed E-state index contributed by atoms with van der Waals surface area (Å²) in [6.07, 6.45) is -2.31. The first-order valence-electron chi connectivity index (χ1n) is 4.49. The number of nitrogen functional groups attached to an aromatic ring is 1. The number of rotatable bonds is 4. The van der Waals surface area contributed by atoms with E-state index in [-0.39, 0.29) is 6.54 Å². The fraction of sp³-hybridized carbons (Fsp3) is 0.400. The summed E-state index contributed by atoms with van der Waals surface area (Å²) in [6.45, 7) is 0.237. The van der Waals surface area contributed by atoms with E-state index in [0.29, 0.717) is 12.2 Å². The molecule has 84 valence electrons. The Morgan fingerprint density at radius 2 is 2.07 bits per heavy atom. The van der Waals surface area contributed by atoms with Crippen molar-refractivity contribution < 1.29 is 8.78 Å². The zero-order chi connectivity index (χ0) is 11.4. The fourth-order valence-electron chi connectivity index (χ4n) is 1.38. The van der Waals surface area contributed by atoms with Crippen molar-refractivity contribution in [2.75, 3.05) is 19.3 Å². The summed E-state index contributed by atoms with van der Waals surface area (Å²) in [5.41, 5.74) is 7.19. The third-order valence-corrected chi connectivity index (χ3v) is 2.34. The Hall–Kier alpha value is -0.680. The molecule has 15 heavy (non-hydrogen) atoms. The van der Waals surface area contributed by atoms with E-state index in [2.05, 4.69) is 15.9 Å². The van der Waals surface area contributed by atoms with Crippen molar-refractivity contribution in [1.82, 2.24) is 4.90 Å². The van der Waals surface area contributed by atoms with E-state index >= 15 is 0 Å². The molecule has 5 heteroatoms. The summed E-state index contributed by atoms with van der Waals surface area (Å²) in [5, 5.41) is 0. The Bertz CT molecular complexity index is 311. The Morgan fingerprint density at radius 3 is 2.60 bits per heavy atom. The number of alkyl halides is 2. The molecule has 0 amide bonds. The average molecular weight is 279 g/mol.